The van der Waals surface area contributed by atoms with E-state index < -0.39 is 5.92 Å². The van der Waals surface area contributed by atoms with Gasteiger partial charge in [-0.2, -0.15) is 0 Å². The third kappa shape index (κ3) is 1.64. The number of allylic oxidation sites excluding steroid dienone is 2. The molecule has 0 fully saturated rings. The maximum Gasteiger partial charge on any atom is 0.200 e. The average molecular weight is 199 g/mol. The first-order chi connectivity index (χ1) is 7.20. The fourth-order valence-electron chi connectivity index (χ4n) is 1.60. The molecule has 1 unspecified atom stereocenters. The molecule has 2 rings (SSSR count). The molecule has 0 amide bonds. The van der Waals surface area contributed by atoms with E-state index in [1.54, 1.807) is 24.3 Å². The number of nitrogens with one attached hydrogen (secondary N) is 1. The van der Waals surface area contributed by atoms with Crippen LogP contribution in [0.25, 0.3) is 0 Å². The molecule has 0 radical (unpaired) electrons. The van der Waals surface area contributed by atoms with Crippen LogP contribution in [0.2, 0.25) is 0 Å². The zero-order valence-electron chi connectivity index (χ0n) is 7.94. The summed E-state index contributed by atoms with van der Waals surface area (Å²) in [6, 6.07) is 8.92. The van der Waals surface area contributed by atoms with Gasteiger partial charge in [-0.05, 0) is 17.7 Å². The Labute approximate surface area is 86.9 Å². The van der Waals surface area contributed by atoms with Crippen molar-refractivity contribution in [3.8, 4) is 0 Å². The third-order valence-electron chi connectivity index (χ3n) is 2.37. The van der Waals surface area contributed by atoms with E-state index in [-0.39, 0.29) is 17.3 Å². The highest BCUT2D eigenvalue weighted by Gasteiger charge is 2.30. The van der Waals surface area contributed by atoms with Gasteiger partial charge in [-0.15, -0.1) is 0 Å². The van der Waals surface area contributed by atoms with Crippen LogP contribution in [0.15, 0.2) is 42.5 Å². The van der Waals surface area contributed by atoms with Crippen molar-refractivity contribution in [2.75, 3.05) is 0 Å². The first-order valence-electron chi connectivity index (χ1n) is 4.60. The van der Waals surface area contributed by atoms with Crippen LogP contribution < -0.4 is 0 Å². The van der Waals surface area contributed by atoms with Crippen molar-refractivity contribution in [3.05, 3.63) is 48.0 Å². The SMILES string of the molecule is N=C1C(=O)C=CC(=O)C1c1ccccc1. The van der Waals surface area contributed by atoms with Crippen LogP contribution >= 0.6 is 0 Å². The molecule has 1 N–H and O–H groups in total. The predicted molar refractivity (Wildman–Crippen MR) is 56.1 cm³/mol. The molecule has 1 aliphatic rings. The Balaban J connectivity index is 2.45. The normalized spacial score (nSPS) is 20.8. The second kappa shape index (κ2) is 3.61. The molecular formula is C12H9NO2. The Morgan fingerprint density at radius 3 is 2.33 bits per heavy atom. The van der Waals surface area contributed by atoms with Gasteiger partial charge in [0, 0.05) is 0 Å². The minimum atomic E-state index is -0.719. The van der Waals surface area contributed by atoms with E-state index >= 15 is 0 Å². The van der Waals surface area contributed by atoms with Crippen LogP contribution in [0.5, 0.6) is 0 Å². The van der Waals surface area contributed by atoms with Crippen molar-refractivity contribution in [2.24, 2.45) is 0 Å². The second-order valence-electron chi connectivity index (χ2n) is 3.36. The molecule has 0 spiro atoms. The lowest BCUT2D eigenvalue weighted by Crippen LogP contribution is -2.29. The predicted octanol–water partition coefficient (Wildman–Crippen LogP) is 1.50. The van der Waals surface area contributed by atoms with Crippen LogP contribution in [-0.2, 0) is 9.59 Å². The van der Waals surface area contributed by atoms with Crippen LogP contribution in [0.3, 0.4) is 0 Å². The summed E-state index contributed by atoms with van der Waals surface area (Å²) in [5.74, 6) is -1.31. The van der Waals surface area contributed by atoms with Crippen LogP contribution in [0.1, 0.15) is 11.5 Å². The maximum absolute atomic E-state index is 11.6. The van der Waals surface area contributed by atoms with Gasteiger partial charge >= 0.3 is 0 Å². The van der Waals surface area contributed by atoms with Gasteiger partial charge < -0.3 is 5.41 Å². The molecule has 0 bridgehead atoms. The number of carbonyl (C=O) groups excluding carboxylic acids is 2. The fourth-order valence-corrected chi connectivity index (χ4v) is 1.60. The van der Waals surface area contributed by atoms with Crippen molar-refractivity contribution in [1.82, 2.24) is 0 Å². The highest BCUT2D eigenvalue weighted by atomic mass is 16.1. The molecule has 1 aromatic carbocycles. The molecule has 0 saturated heterocycles. The van der Waals surface area contributed by atoms with Crippen LogP contribution in [-0.4, -0.2) is 17.3 Å². The fraction of sp³-hybridized carbons (Fsp3) is 0.0833. The smallest absolute Gasteiger partial charge is 0.200 e. The summed E-state index contributed by atoms with van der Waals surface area (Å²) in [5.41, 5.74) is 0.555. The molecule has 0 saturated carbocycles. The Bertz CT molecular complexity index is 460. The summed E-state index contributed by atoms with van der Waals surface area (Å²) < 4.78 is 0. The molecule has 0 aliphatic heterocycles. The third-order valence-corrected chi connectivity index (χ3v) is 2.37. The average Bonchev–Trinajstić information content (AvgIpc) is 2.26. The minimum Gasteiger partial charge on any atom is -0.300 e. The van der Waals surface area contributed by atoms with Crippen molar-refractivity contribution in [2.45, 2.75) is 5.92 Å². The maximum atomic E-state index is 11.6. The summed E-state index contributed by atoms with van der Waals surface area (Å²) >= 11 is 0. The highest BCUT2D eigenvalue weighted by Crippen LogP contribution is 2.22. The molecule has 1 aliphatic carbocycles. The summed E-state index contributed by atoms with van der Waals surface area (Å²) in [7, 11) is 0. The number of hydrogen-bond donors (Lipinski definition) is 1. The quantitative estimate of drug-likeness (QED) is 0.745. The molecule has 15 heavy (non-hydrogen) atoms. The van der Waals surface area contributed by atoms with Gasteiger partial charge in [-0.1, -0.05) is 30.3 Å². The monoisotopic (exact) mass is 199 g/mol. The summed E-state index contributed by atoms with van der Waals surface area (Å²) in [6.07, 6.45) is 2.40. The topological polar surface area (TPSA) is 58.0 Å². The van der Waals surface area contributed by atoms with E-state index in [9.17, 15) is 9.59 Å². The standard InChI is InChI=1S/C12H9NO2/c13-12-10(15)7-6-9(14)11(12)8-4-2-1-3-5-8/h1-7,11,13H. The van der Waals surface area contributed by atoms with Gasteiger partial charge in [-0.3, -0.25) is 9.59 Å². The van der Waals surface area contributed by atoms with Crippen molar-refractivity contribution in [1.29, 1.82) is 5.41 Å². The number of rotatable bonds is 1. The van der Waals surface area contributed by atoms with Crippen LogP contribution in [0, 0.1) is 5.41 Å². The number of benzene rings is 1. The number of hydrogen-bond acceptors (Lipinski definition) is 3. The summed E-state index contributed by atoms with van der Waals surface area (Å²) in [4.78, 5) is 22.8. The number of ketones is 2. The lowest BCUT2D eigenvalue weighted by molar-refractivity contribution is -0.117. The van der Waals surface area contributed by atoms with Crippen molar-refractivity contribution in [3.63, 3.8) is 0 Å². The lowest BCUT2D eigenvalue weighted by atomic mass is 9.84. The molecule has 1 aromatic rings. The van der Waals surface area contributed by atoms with Crippen LogP contribution in [0.4, 0.5) is 0 Å². The summed E-state index contributed by atoms with van der Waals surface area (Å²) in [5, 5.41) is 7.60. The van der Waals surface area contributed by atoms with E-state index in [1.807, 2.05) is 6.07 Å². The van der Waals surface area contributed by atoms with E-state index in [0.29, 0.717) is 5.56 Å². The molecular weight excluding hydrogens is 190 g/mol. The Hall–Kier alpha value is -2.03. The molecule has 0 heterocycles. The lowest BCUT2D eigenvalue weighted by Gasteiger charge is -2.16. The largest absolute Gasteiger partial charge is 0.300 e. The first kappa shape index (κ1) is 9.52. The van der Waals surface area contributed by atoms with Gasteiger partial charge in [0.15, 0.2) is 5.78 Å². The van der Waals surface area contributed by atoms with E-state index in [1.165, 1.54) is 6.08 Å². The van der Waals surface area contributed by atoms with Gasteiger partial charge in [0.25, 0.3) is 0 Å². The molecule has 74 valence electrons. The number of carbonyl (C=O) groups is 2. The first-order valence-corrected chi connectivity index (χ1v) is 4.60. The Morgan fingerprint density at radius 2 is 1.67 bits per heavy atom. The van der Waals surface area contributed by atoms with Crippen molar-refractivity contribution >= 4 is 17.3 Å². The Morgan fingerprint density at radius 1 is 1.00 bits per heavy atom. The van der Waals surface area contributed by atoms with E-state index in [4.69, 9.17) is 5.41 Å². The molecule has 3 nitrogen and oxygen atoms in total. The Kier molecular flexibility index (Phi) is 2.29. The summed E-state index contributed by atoms with van der Waals surface area (Å²) in [6.45, 7) is 0. The molecule has 1 atom stereocenters. The van der Waals surface area contributed by atoms with E-state index in [0.717, 1.165) is 6.08 Å². The molecule has 3 heteroatoms. The van der Waals surface area contributed by atoms with E-state index in [2.05, 4.69) is 0 Å². The second-order valence-corrected chi connectivity index (χ2v) is 3.36. The zero-order valence-corrected chi connectivity index (χ0v) is 7.94. The molecule has 0 aromatic heterocycles. The van der Waals surface area contributed by atoms with Gasteiger partial charge in [-0.25, -0.2) is 0 Å². The van der Waals surface area contributed by atoms with Gasteiger partial charge in [0.05, 0.1) is 11.6 Å². The highest BCUT2D eigenvalue weighted by molar-refractivity contribution is 6.51. The zero-order chi connectivity index (χ0) is 10.8. The van der Waals surface area contributed by atoms with Gasteiger partial charge in [0.2, 0.25) is 5.78 Å². The minimum absolute atomic E-state index is 0.145. The van der Waals surface area contributed by atoms with Crippen molar-refractivity contribution < 1.29 is 9.59 Å². The van der Waals surface area contributed by atoms with Gasteiger partial charge in [0.1, 0.15) is 0 Å².